The standard InChI is InChI=1S/C10H24N4O5Si/c1-17-20(18-2,19-3)8-4-5-13-10(16)14-7-6-12-9(11)15/h4-8H2,1-3H3,(H3,11,12,15)(H2,13,14,16). The second-order valence-electron chi connectivity index (χ2n) is 3.87. The number of amides is 4. The number of nitrogens with one attached hydrogen (secondary N) is 3. The molecule has 0 radical (unpaired) electrons. The lowest BCUT2D eigenvalue weighted by Crippen LogP contribution is -2.44. The van der Waals surface area contributed by atoms with Crippen LogP contribution in [0.3, 0.4) is 0 Å². The van der Waals surface area contributed by atoms with Gasteiger partial charge in [-0.3, -0.25) is 0 Å². The van der Waals surface area contributed by atoms with E-state index in [1.807, 2.05) is 0 Å². The summed E-state index contributed by atoms with van der Waals surface area (Å²) in [4.78, 5) is 21.8. The Morgan fingerprint density at radius 2 is 1.45 bits per heavy atom. The minimum absolute atomic E-state index is 0.288. The van der Waals surface area contributed by atoms with Crippen molar-refractivity contribution in [1.29, 1.82) is 0 Å². The Morgan fingerprint density at radius 3 is 1.95 bits per heavy atom. The second-order valence-corrected chi connectivity index (χ2v) is 6.96. The van der Waals surface area contributed by atoms with Gasteiger partial charge in [0.05, 0.1) is 0 Å². The molecule has 4 amide bonds. The van der Waals surface area contributed by atoms with Crippen molar-refractivity contribution in [1.82, 2.24) is 16.0 Å². The van der Waals surface area contributed by atoms with Crippen molar-refractivity contribution in [3.8, 4) is 0 Å². The first-order chi connectivity index (χ1) is 9.49. The predicted octanol–water partition coefficient (Wildman–Crippen LogP) is -0.778. The average molecular weight is 308 g/mol. The topological polar surface area (TPSA) is 124 Å². The molecule has 9 nitrogen and oxygen atoms in total. The highest BCUT2D eigenvalue weighted by Gasteiger charge is 2.36. The van der Waals surface area contributed by atoms with Crippen LogP contribution in [0, 0.1) is 0 Å². The van der Waals surface area contributed by atoms with Gasteiger partial charge in [0.25, 0.3) is 0 Å². The third kappa shape index (κ3) is 7.94. The van der Waals surface area contributed by atoms with E-state index in [1.165, 1.54) is 0 Å². The Morgan fingerprint density at radius 1 is 0.950 bits per heavy atom. The van der Waals surface area contributed by atoms with Gasteiger partial charge in [0.15, 0.2) is 0 Å². The highest BCUT2D eigenvalue weighted by atomic mass is 28.4. The highest BCUT2D eigenvalue weighted by Crippen LogP contribution is 2.14. The molecule has 0 atom stereocenters. The molecule has 0 aromatic carbocycles. The van der Waals surface area contributed by atoms with Crippen LogP contribution in [0.2, 0.25) is 6.04 Å². The molecular formula is C10H24N4O5Si. The quantitative estimate of drug-likeness (QED) is 0.311. The van der Waals surface area contributed by atoms with Gasteiger partial charge in [-0.15, -0.1) is 0 Å². The average Bonchev–Trinajstić information content (AvgIpc) is 2.44. The highest BCUT2D eigenvalue weighted by molar-refractivity contribution is 6.60. The first kappa shape index (κ1) is 18.6. The van der Waals surface area contributed by atoms with Crippen molar-refractivity contribution in [3.63, 3.8) is 0 Å². The van der Waals surface area contributed by atoms with Crippen molar-refractivity contribution >= 4 is 20.9 Å². The number of hydrogen-bond donors (Lipinski definition) is 4. The number of nitrogens with two attached hydrogens (primary N) is 1. The van der Waals surface area contributed by atoms with Crippen molar-refractivity contribution < 1.29 is 22.9 Å². The molecule has 118 valence electrons. The van der Waals surface area contributed by atoms with Crippen molar-refractivity contribution in [2.75, 3.05) is 41.0 Å². The lowest BCUT2D eigenvalue weighted by atomic mass is 10.5. The molecule has 0 spiro atoms. The summed E-state index contributed by atoms with van der Waals surface area (Å²) < 4.78 is 15.8. The van der Waals surface area contributed by atoms with Crippen LogP contribution >= 0.6 is 0 Å². The maximum atomic E-state index is 11.4. The van der Waals surface area contributed by atoms with Crippen LogP contribution < -0.4 is 21.7 Å². The summed E-state index contributed by atoms with van der Waals surface area (Å²) in [5.74, 6) is 0. The lowest BCUT2D eigenvalue weighted by molar-refractivity contribution is 0.123. The zero-order valence-electron chi connectivity index (χ0n) is 12.2. The van der Waals surface area contributed by atoms with Gasteiger partial charge in [-0.1, -0.05) is 0 Å². The van der Waals surface area contributed by atoms with Crippen LogP contribution in [0.4, 0.5) is 9.59 Å². The second kappa shape index (κ2) is 10.4. The van der Waals surface area contributed by atoms with Gasteiger partial charge in [0.1, 0.15) is 0 Å². The molecule has 0 rings (SSSR count). The summed E-state index contributed by atoms with van der Waals surface area (Å²) in [5.41, 5.74) is 4.88. The molecule has 0 fully saturated rings. The van der Waals surface area contributed by atoms with E-state index in [2.05, 4.69) is 16.0 Å². The fourth-order valence-corrected chi connectivity index (χ4v) is 3.21. The molecule has 10 heteroatoms. The van der Waals surface area contributed by atoms with E-state index < -0.39 is 14.8 Å². The van der Waals surface area contributed by atoms with E-state index in [4.69, 9.17) is 19.0 Å². The number of hydrogen-bond acceptors (Lipinski definition) is 5. The van der Waals surface area contributed by atoms with Crippen LogP contribution in [0.1, 0.15) is 6.42 Å². The van der Waals surface area contributed by atoms with Crippen LogP contribution in [0.15, 0.2) is 0 Å². The summed E-state index contributed by atoms with van der Waals surface area (Å²) in [7, 11) is 2.07. The number of rotatable bonds is 10. The van der Waals surface area contributed by atoms with Crippen LogP contribution in [-0.4, -0.2) is 61.8 Å². The Balaban J connectivity index is 3.68. The SMILES string of the molecule is CO[Si](CCCNC(=O)NCCNC(N)=O)(OC)OC. The Kier molecular flexibility index (Phi) is 9.72. The summed E-state index contributed by atoms with van der Waals surface area (Å²) in [6.45, 7) is 1.07. The molecule has 0 aliphatic rings. The third-order valence-corrected chi connectivity index (χ3v) is 5.42. The fourth-order valence-electron chi connectivity index (χ4n) is 1.49. The molecule has 0 heterocycles. The molecule has 0 aromatic rings. The van der Waals surface area contributed by atoms with E-state index in [1.54, 1.807) is 21.3 Å². The lowest BCUT2D eigenvalue weighted by Gasteiger charge is -2.24. The van der Waals surface area contributed by atoms with E-state index in [9.17, 15) is 9.59 Å². The molecular weight excluding hydrogens is 284 g/mol. The molecule has 0 bridgehead atoms. The van der Waals surface area contributed by atoms with Gasteiger partial charge in [-0.05, 0) is 6.42 Å². The van der Waals surface area contributed by atoms with Gasteiger partial charge >= 0.3 is 20.9 Å². The Bertz CT molecular complexity index is 293. The number of urea groups is 2. The van der Waals surface area contributed by atoms with E-state index in [-0.39, 0.29) is 12.6 Å². The first-order valence-corrected chi connectivity index (χ1v) is 8.13. The first-order valence-electron chi connectivity index (χ1n) is 6.20. The summed E-state index contributed by atoms with van der Waals surface area (Å²) in [6.07, 6.45) is 0.675. The molecule has 5 N–H and O–H groups in total. The number of carbonyl (C=O) groups excluding carboxylic acids is 2. The molecule has 0 aliphatic heterocycles. The number of primary amides is 1. The predicted molar refractivity (Wildman–Crippen MR) is 75.2 cm³/mol. The summed E-state index contributed by atoms with van der Waals surface area (Å²) >= 11 is 0. The number of carbonyl (C=O) groups is 2. The fraction of sp³-hybridized carbons (Fsp3) is 0.800. The van der Waals surface area contributed by atoms with Gasteiger partial charge in [-0.2, -0.15) is 0 Å². The third-order valence-electron chi connectivity index (χ3n) is 2.59. The Hall–Kier alpha value is -1.36. The van der Waals surface area contributed by atoms with Crippen LogP contribution in [-0.2, 0) is 13.3 Å². The summed E-state index contributed by atoms with van der Waals surface area (Å²) in [5, 5.41) is 7.62. The minimum atomic E-state index is -2.57. The molecule has 0 saturated heterocycles. The van der Waals surface area contributed by atoms with Gasteiger partial charge in [0.2, 0.25) is 0 Å². The van der Waals surface area contributed by atoms with E-state index in [0.717, 1.165) is 0 Å². The largest absolute Gasteiger partial charge is 0.500 e. The van der Waals surface area contributed by atoms with Crippen molar-refractivity contribution in [2.45, 2.75) is 12.5 Å². The van der Waals surface area contributed by atoms with Gasteiger partial charge < -0.3 is 35.0 Å². The molecule has 0 aliphatic carbocycles. The normalized spacial score (nSPS) is 10.9. The smallest absolute Gasteiger partial charge is 0.377 e. The van der Waals surface area contributed by atoms with Gasteiger partial charge in [0, 0.05) is 47.0 Å². The maximum Gasteiger partial charge on any atom is 0.500 e. The maximum absolute atomic E-state index is 11.4. The monoisotopic (exact) mass is 308 g/mol. The Labute approximate surface area is 119 Å². The molecule has 0 aromatic heterocycles. The minimum Gasteiger partial charge on any atom is -0.377 e. The molecule has 20 heavy (non-hydrogen) atoms. The van der Waals surface area contributed by atoms with Crippen LogP contribution in [0.25, 0.3) is 0 Å². The van der Waals surface area contributed by atoms with Crippen molar-refractivity contribution in [2.24, 2.45) is 5.73 Å². The van der Waals surface area contributed by atoms with E-state index in [0.29, 0.717) is 25.6 Å². The van der Waals surface area contributed by atoms with E-state index >= 15 is 0 Å². The zero-order valence-corrected chi connectivity index (χ0v) is 13.2. The molecule has 0 saturated carbocycles. The van der Waals surface area contributed by atoms with Crippen molar-refractivity contribution in [3.05, 3.63) is 0 Å². The summed E-state index contributed by atoms with van der Waals surface area (Å²) in [6, 6.07) is -0.317. The zero-order chi connectivity index (χ0) is 15.4. The van der Waals surface area contributed by atoms with Gasteiger partial charge in [-0.25, -0.2) is 9.59 Å². The molecule has 0 unspecified atom stereocenters. The van der Waals surface area contributed by atoms with Crippen LogP contribution in [0.5, 0.6) is 0 Å².